The summed E-state index contributed by atoms with van der Waals surface area (Å²) in [6.07, 6.45) is 0. The fourth-order valence-corrected chi connectivity index (χ4v) is 1.71. The summed E-state index contributed by atoms with van der Waals surface area (Å²) in [5.74, 6) is -0.867. The van der Waals surface area contributed by atoms with Crippen molar-refractivity contribution in [2.75, 3.05) is 5.32 Å². The molecule has 3 nitrogen and oxygen atoms in total. The summed E-state index contributed by atoms with van der Waals surface area (Å²) in [7, 11) is 0. The van der Waals surface area contributed by atoms with Crippen LogP contribution in [-0.4, -0.2) is 17.1 Å². The minimum absolute atomic E-state index is 0.0000719. The Bertz CT molecular complexity index is 396. The number of rotatable bonds is 4. The number of carboxylic acids is 1. The molecule has 0 spiro atoms. The average Bonchev–Trinajstić information content (AvgIpc) is 2.18. The summed E-state index contributed by atoms with van der Waals surface area (Å²) in [6.45, 7) is 3.71. The van der Waals surface area contributed by atoms with E-state index >= 15 is 0 Å². The second-order valence-electron chi connectivity index (χ2n) is 3.83. The van der Waals surface area contributed by atoms with E-state index in [4.69, 9.17) is 16.7 Å². The van der Waals surface area contributed by atoms with Crippen molar-refractivity contribution in [1.29, 1.82) is 0 Å². The van der Waals surface area contributed by atoms with Crippen molar-refractivity contribution in [3.05, 3.63) is 27.7 Å². The molecule has 1 atom stereocenters. The summed E-state index contributed by atoms with van der Waals surface area (Å²) < 4.78 is 0.788. The number of aliphatic carboxylic acids is 1. The fraction of sp³-hybridized carbons (Fsp3) is 0.364. The molecule has 16 heavy (non-hydrogen) atoms. The van der Waals surface area contributed by atoms with Gasteiger partial charge in [0.25, 0.3) is 0 Å². The third kappa shape index (κ3) is 3.39. The van der Waals surface area contributed by atoms with Crippen molar-refractivity contribution in [3.8, 4) is 0 Å². The lowest BCUT2D eigenvalue weighted by atomic mass is 10.0. The third-order valence-electron chi connectivity index (χ3n) is 2.17. The van der Waals surface area contributed by atoms with Crippen LogP contribution in [0.15, 0.2) is 22.7 Å². The van der Waals surface area contributed by atoms with Crippen LogP contribution >= 0.6 is 27.5 Å². The molecule has 0 saturated carbocycles. The van der Waals surface area contributed by atoms with Gasteiger partial charge in [-0.15, -0.1) is 0 Å². The van der Waals surface area contributed by atoms with Crippen LogP contribution in [0.4, 0.5) is 5.69 Å². The maximum absolute atomic E-state index is 11.0. The predicted molar refractivity (Wildman–Crippen MR) is 69.0 cm³/mol. The van der Waals surface area contributed by atoms with E-state index in [1.165, 1.54) is 0 Å². The first-order valence-electron chi connectivity index (χ1n) is 4.86. The van der Waals surface area contributed by atoms with Crippen LogP contribution in [0, 0.1) is 5.92 Å². The van der Waals surface area contributed by atoms with E-state index in [2.05, 4.69) is 21.2 Å². The lowest BCUT2D eigenvalue weighted by Gasteiger charge is -2.19. The normalized spacial score (nSPS) is 12.6. The highest BCUT2D eigenvalue weighted by Gasteiger charge is 2.21. The standard InChI is InChI=1S/C11H13BrClNO2/c1-6(2)10(11(15)16)14-7-3-4-8(12)9(13)5-7/h3-6,10,14H,1-2H3,(H,15,16). The zero-order valence-electron chi connectivity index (χ0n) is 9.00. The maximum atomic E-state index is 11.0. The summed E-state index contributed by atoms with van der Waals surface area (Å²) >= 11 is 9.20. The van der Waals surface area contributed by atoms with Crippen molar-refractivity contribution in [3.63, 3.8) is 0 Å². The molecule has 1 aromatic rings. The highest BCUT2D eigenvalue weighted by atomic mass is 79.9. The Morgan fingerprint density at radius 1 is 1.50 bits per heavy atom. The van der Waals surface area contributed by atoms with Gasteiger partial charge in [-0.25, -0.2) is 4.79 Å². The van der Waals surface area contributed by atoms with Gasteiger partial charge in [-0.3, -0.25) is 0 Å². The maximum Gasteiger partial charge on any atom is 0.326 e. The largest absolute Gasteiger partial charge is 0.480 e. The predicted octanol–water partition coefficient (Wildman–Crippen LogP) is 3.62. The van der Waals surface area contributed by atoms with Crippen LogP contribution in [-0.2, 0) is 4.79 Å². The molecule has 1 rings (SSSR count). The number of nitrogens with one attached hydrogen (secondary N) is 1. The summed E-state index contributed by atoms with van der Waals surface area (Å²) in [5, 5.41) is 12.5. The fourth-order valence-electron chi connectivity index (χ4n) is 1.28. The quantitative estimate of drug-likeness (QED) is 0.893. The van der Waals surface area contributed by atoms with Crippen LogP contribution in [0.3, 0.4) is 0 Å². The molecule has 0 aliphatic rings. The van der Waals surface area contributed by atoms with Gasteiger partial charge in [-0.1, -0.05) is 25.4 Å². The molecule has 88 valence electrons. The summed E-state index contributed by atoms with van der Waals surface area (Å²) in [5.41, 5.74) is 0.703. The number of benzene rings is 1. The Hall–Kier alpha value is -0.740. The second-order valence-corrected chi connectivity index (χ2v) is 5.09. The summed E-state index contributed by atoms with van der Waals surface area (Å²) in [6, 6.07) is 4.65. The van der Waals surface area contributed by atoms with Gasteiger partial charge in [0.15, 0.2) is 0 Å². The Morgan fingerprint density at radius 3 is 2.56 bits per heavy atom. The van der Waals surface area contributed by atoms with Crippen LogP contribution in [0.1, 0.15) is 13.8 Å². The van der Waals surface area contributed by atoms with E-state index in [0.717, 1.165) is 4.47 Å². The Kier molecular flexibility index (Phi) is 4.62. The van der Waals surface area contributed by atoms with Gasteiger partial charge in [0.2, 0.25) is 0 Å². The summed E-state index contributed by atoms with van der Waals surface area (Å²) in [4.78, 5) is 11.0. The molecule has 0 radical (unpaired) electrons. The first-order chi connectivity index (χ1) is 7.41. The van der Waals surface area contributed by atoms with E-state index in [-0.39, 0.29) is 5.92 Å². The van der Waals surface area contributed by atoms with Crippen LogP contribution in [0.2, 0.25) is 5.02 Å². The number of carboxylic acid groups (broad SMARTS) is 1. The van der Waals surface area contributed by atoms with Gasteiger partial charge < -0.3 is 10.4 Å². The molecule has 1 unspecified atom stereocenters. The minimum Gasteiger partial charge on any atom is -0.480 e. The average molecular weight is 307 g/mol. The smallest absolute Gasteiger partial charge is 0.326 e. The number of hydrogen-bond donors (Lipinski definition) is 2. The lowest BCUT2D eigenvalue weighted by molar-refractivity contribution is -0.138. The molecule has 0 aromatic heterocycles. The molecule has 0 heterocycles. The molecule has 0 aliphatic carbocycles. The zero-order valence-corrected chi connectivity index (χ0v) is 11.3. The Balaban J connectivity index is 2.86. The number of carbonyl (C=O) groups is 1. The van der Waals surface area contributed by atoms with E-state index in [1.807, 2.05) is 13.8 Å². The van der Waals surface area contributed by atoms with Gasteiger partial charge in [0, 0.05) is 10.2 Å². The molecule has 1 aromatic carbocycles. The topological polar surface area (TPSA) is 49.3 Å². The molecule has 0 saturated heterocycles. The van der Waals surface area contributed by atoms with Crippen LogP contribution in [0.5, 0.6) is 0 Å². The van der Waals surface area contributed by atoms with Crippen LogP contribution in [0.25, 0.3) is 0 Å². The van der Waals surface area contributed by atoms with E-state index < -0.39 is 12.0 Å². The number of halogens is 2. The van der Waals surface area contributed by atoms with Gasteiger partial charge in [0.05, 0.1) is 5.02 Å². The van der Waals surface area contributed by atoms with E-state index in [1.54, 1.807) is 18.2 Å². The monoisotopic (exact) mass is 305 g/mol. The van der Waals surface area contributed by atoms with Gasteiger partial charge in [0.1, 0.15) is 6.04 Å². The lowest BCUT2D eigenvalue weighted by Crippen LogP contribution is -2.34. The third-order valence-corrected chi connectivity index (χ3v) is 3.41. The van der Waals surface area contributed by atoms with Crippen molar-refractivity contribution >= 4 is 39.2 Å². The second kappa shape index (κ2) is 5.55. The first kappa shape index (κ1) is 13.3. The molecular weight excluding hydrogens is 293 g/mol. The molecule has 0 fully saturated rings. The van der Waals surface area contributed by atoms with Gasteiger partial charge in [-0.05, 0) is 40.0 Å². The zero-order chi connectivity index (χ0) is 12.3. The van der Waals surface area contributed by atoms with Crippen molar-refractivity contribution < 1.29 is 9.90 Å². The van der Waals surface area contributed by atoms with Crippen molar-refractivity contribution in [1.82, 2.24) is 0 Å². The molecule has 0 aliphatic heterocycles. The van der Waals surface area contributed by atoms with E-state index in [9.17, 15) is 4.79 Å². The van der Waals surface area contributed by atoms with Crippen molar-refractivity contribution in [2.24, 2.45) is 5.92 Å². The van der Waals surface area contributed by atoms with Gasteiger partial charge in [-0.2, -0.15) is 0 Å². The number of anilines is 1. The minimum atomic E-state index is -0.867. The Morgan fingerprint density at radius 2 is 2.12 bits per heavy atom. The first-order valence-corrected chi connectivity index (χ1v) is 6.03. The number of hydrogen-bond acceptors (Lipinski definition) is 2. The van der Waals surface area contributed by atoms with E-state index in [0.29, 0.717) is 10.7 Å². The molecule has 0 amide bonds. The highest BCUT2D eigenvalue weighted by molar-refractivity contribution is 9.10. The molecule has 5 heteroatoms. The SMILES string of the molecule is CC(C)C(Nc1ccc(Br)c(Cl)c1)C(=O)O. The molecule has 0 bridgehead atoms. The molecular formula is C11H13BrClNO2. The van der Waals surface area contributed by atoms with Crippen LogP contribution < -0.4 is 5.32 Å². The Labute approximate surface area is 108 Å². The van der Waals surface area contributed by atoms with Gasteiger partial charge >= 0.3 is 5.97 Å². The molecule has 2 N–H and O–H groups in total. The van der Waals surface area contributed by atoms with Crippen molar-refractivity contribution in [2.45, 2.75) is 19.9 Å². The highest BCUT2D eigenvalue weighted by Crippen LogP contribution is 2.26.